The lowest BCUT2D eigenvalue weighted by molar-refractivity contribution is 0.0946. The molecule has 3 aromatic rings. The van der Waals surface area contributed by atoms with Crippen LogP contribution in [0.25, 0.3) is 10.9 Å². The van der Waals surface area contributed by atoms with Gasteiger partial charge in [0.2, 0.25) is 0 Å². The van der Waals surface area contributed by atoms with Gasteiger partial charge in [0.15, 0.2) is 5.78 Å². The Hall–Kier alpha value is -2.93. The highest BCUT2D eigenvalue weighted by atomic mass is 35.5. The number of ether oxygens (including phenoxy) is 1. The molecule has 0 fully saturated rings. The number of methoxy groups -OCH3 is 1. The van der Waals surface area contributed by atoms with Crippen LogP contribution in [0.1, 0.15) is 59.7 Å². The zero-order valence-electron chi connectivity index (χ0n) is 19.7. The molecule has 1 atom stereocenters. The van der Waals surface area contributed by atoms with Crippen molar-refractivity contribution < 1.29 is 18.7 Å². The Morgan fingerprint density at radius 1 is 1.18 bits per heavy atom. The zero-order valence-corrected chi connectivity index (χ0v) is 20.4. The van der Waals surface area contributed by atoms with E-state index < -0.39 is 6.67 Å². The van der Waals surface area contributed by atoms with Crippen molar-refractivity contribution in [1.29, 1.82) is 0 Å². The molecule has 34 heavy (non-hydrogen) atoms. The van der Waals surface area contributed by atoms with E-state index in [-0.39, 0.29) is 18.2 Å². The molecule has 0 saturated carbocycles. The summed E-state index contributed by atoms with van der Waals surface area (Å²) in [6.07, 6.45) is 6.17. The third kappa shape index (κ3) is 6.56. The van der Waals surface area contributed by atoms with Crippen molar-refractivity contribution in [2.24, 2.45) is 5.92 Å². The van der Waals surface area contributed by atoms with Crippen molar-refractivity contribution in [3.63, 3.8) is 0 Å². The number of halogens is 2. The Balaban J connectivity index is 1.67. The summed E-state index contributed by atoms with van der Waals surface area (Å²) in [5.74, 6) is 0.551. The molecule has 0 aliphatic heterocycles. The summed E-state index contributed by atoms with van der Waals surface area (Å²) < 4.78 is 19.8. The number of carbonyl (C=O) groups excluding carboxylic acids is 2. The molecule has 2 aromatic carbocycles. The quantitative estimate of drug-likeness (QED) is 0.306. The van der Waals surface area contributed by atoms with Crippen LogP contribution < -0.4 is 10.1 Å². The van der Waals surface area contributed by atoms with E-state index in [0.717, 1.165) is 36.6 Å². The Kier molecular flexibility index (Phi) is 9.45. The van der Waals surface area contributed by atoms with Gasteiger partial charge in [0.1, 0.15) is 12.4 Å². The maximum atomic E-state index is 12.5. The summed E-state index contributed by atoms with van der Waals surface area (Å²) in [6.45, 7) is 2.19. The first kappa shape index (κ1) is 25.7. The predicted octanol–water partition coefficient (Wildman–Crippen LogP) is 5.87. The van der Waals surface area contributed by atoms with Crippen LogP contribution in [-0.2, 0) is 6.54 Å². The van der Waals surface area contributed by atoms with Crippen molar-refractivity contribution >= 4 is 34.2 Å². The van der Waals surface area contributed by atoms with Gasteiger partial charge in [-0.1, -0.05) is 24.9 Å². The second-order valence-electron chi connectivity index (χ2n) is 8.35. The number of nitrogens with zero attached hydrogens (tertiary/aromatic N) is 2. The molecule has 8 heteroatoms. The van der Waals surface area contributed by atoms with E-state index >= 15 is 0 Å². The average Bonchev–Trinajstić information content (AvgIpc) is 3.24. The second kappa shape index (κ2) is 12.5. The highest BCUT2D eigenvalue weighted by Gasteiger charge is 2.18. The van der Waals surface area contributed by atoms with E-state index in [1.54, 1.807) is 36.4 Å². The topological polar surface area (TPSA) is 73.2 Å². The minimum Gasteiger partial charge on any atom is -0.495 e. The Morgan fingerprint density at radius 3 is 2.62 bits per heavy atom. The van der Waals surface area contributed by atoms with E-state index in [0.29, 0.717) is 40.8 Å². The van der Waals surface area contributed by atoms with Crippen LogP contribution in [0.4, 0.5) is 4.39 Å². The standard InChI is InChI=1S/C26H31ClFN3O3/c1-3-5-18(6-4-7-24(32)19-8-10-20(27)11-9-19)16-31-17-22-23(30-31)13-12-21(25(22)34-2)26(33)29-15-14-28/h8-13,17-18H,3-7,14-16H2,1-2H3,(H,29,33). The maximum absolute atomic E-state index is 12.5. The van der Waals surface area contributed by atoms with Gasteiger partial charge in [0, 0.05) is 36.3 Å². The number of benzene rings is 2. The largest absolute Gasteiger partial charge is 0.495 e. The highest BCUT2D eigenvalue weighted by molar-refractivity contribution is 6.30. The number of aromatic nitrogens is 2. The molecule has 0 aliphatic carbocycles. The number of rotatable bonds is 13. The van der Waals surface area contributed by atoms with Crippen molar-refractivity contribution in [3.05, 3.63) is 58.7 Å². The molecule has 0 spiro atoms. The summed E-state index contributed by atoms with van der Waals surface area (Å²) in [6, 6.07) is 10.4. The lowest BCUT2D eigenvalue weighted by Gasteiger charge is -2.16. The monoisotopic (exact) mass is 487 g/mol. The number of amides is 1. The SMILES string of the molecule is CCCC(CCCC(=O)c1ccc(Cl)cc1)Cn1cc2c(OC)c(C(=O)NCCF)ccc2n1. The number of ketones is 1. The minimum atomic E-state index is -0.627. The molecule has 1 amide bonds. The second-order valence-corrected chi connectivity index (χ2v) is 8.79. The van der Waals surface area contributed by atoms with E-state index in [4.69, 9.17) is 16.3 Å². The van der Waals surface area contributed by atoms with Crippen LogP contribution >= 0.6 is 11.6 Å². The summed E-state index contributed by atoms with van der Waals surface area (Å²) in [7, 11) is 1.51. The molecule has 0 aliphatic rings. The molecular weight excluding hydrogens is 457 g/mol. The summed E-state index contributed by atoms with van der Waals surface area (Å²) in [5.41, 5.74) is 1.77. The van der Waals surface area contributed by atoms with Crippen LogP contribution in [0.5, 0.6) is 5.75 Å². The van der Waals surface area contributed by atoms with Gasteiger partial charge in [-0.05, 0) is 61.6 Å². The van der Waals surface area contributed by atoms with Crippen LogP contribution in [-0.4, -0.2) is 41.8 Å². The normalized spacial score (nSPS) is 12.0. The number of hydrogen-bond acceptors (Lipinski definition) is 4. The Bertz CT molecular complexity index is 1110. The van der Waals surface area contributed by atoms with Crippen LogP contribution in [0, 0.1) is 5.92 Å². The van der Waals surface area contributed by atoms with Gasteiger partial charge in [-0.3, -0.25) is 14.3 Å². The molecule has 1 aromatic heterocycles. The Labute approximate surface area is 204 Å². The first-order chi connectivity index (χ1) is 16.5. The molecule has 3 rings (SSSR count). The van der Waals surface area contributed by atoms with E-state index in [1.807, 2.05) is 10.9 Å². The summed E-state index contributed by atoms with van der Waals surface area (Å²) in [4.78, 5) is 24.8. The molecule has 182 valence electrons. The smallest absolute Gasteiger partial charge is 0.255 e. The predicted molar refractivity (Wildman–Crippen MR) is 133 cm³/mol. The van der Waals surface area contributed by atoms with Gasteiger partial charge in [0.05, 0.1) is 23.6 Å². The third-order valence-corrected chi connectivity index (χ3v) is 6.09. The average molecular weight is 488 g/mol. The van der Waals surface area contributed by atoms with Gasteiger partial charge >= 0.3 is 0 Å². The van der Waals surface area contributed by atoms with Gasteiger partial charge in [0.25, 0.3) is 5.91 Å². The number of hydrogen-bond donors (Lipinski definition) is 1. The zero-order chi connectivity index (χ0) is 24.5. The number of carbonyl (C=O) groups is 2. The lowest BCUT2D eigenvalue weighted by Crippen LogP contribution is -2.25. The fourth-order valence-corrected chi connectivity index (χ4v) is 4.32. The molecule has 1 N–H and O–H groups in total. The number of Topliss-reactive ketones (excluding diaryl/α,β-unsaturated/α-hetero) is 1. The lowest BCUT2D eigenvalue weighted by atomic mass is 9.95. The van der Waals surface area contributed by atoms with Gasteiger partial charge in [-0.2, -0.15) is 5.10 Å². The molecular formula is C26H31ClFN3O3. The molecule has 6 nitrogen and oxygen atoms in total. The van der Waals surface area contributed by atoms with Crippen molar-refractivity contribution in [3.8, 4) is 5.75 Å². The fourth-order valence-electron chi connectivity index (χ4n) is 4.20. The fraction of sp³-hybridized carbons (Fsp3) is 0.423. The Morgan fingerprint density at radius 2 is 1.94 bits per heavy atom. The van der Waals surface area contributed by atoms with Crippen molar-refractivity contribution in [2.75, 3.05) is 20.3 Å². The van der Waals surface area contributed by atoms with Crippen molar-refractivity contribution in [1.82, 2.24) is 15.1 Å². The maximum Gasteiger partial charge on any atom is 0.255 e. The summed E-state index contributed by atoms with van der Waals surface area (Å²) >= 11 is 5.91. The van der Waals surface area contributed by atoms with Crippen LogP contribution in [0.15, 0.2) is 42.6 Å². The third-order valence-electron chi connectivity index (χ3n) is 5.84. The number of nitrogens with one attached hydrogen (secondary N) is 1. The van der Waals surface area contributed by atoms with Gasteiger partial charge < -0.3 is 10.1 Å². The highest BCUT2D eigenvalue weighted by Crippen LogP contribution is 2.30. The van der Waals surface area contributed by atoms with Gasteiger partial charge in [-0.15, -0.1) is 0 Å². The number of fused-ring (bicyclic) bond motifs is 1. The summed E-state index contributed by atoms with van der Waals surface area (Å²) in [5, 5.41) is 8.57. The molecule has 0 radical (unpaired) electrons. The van der Waals surface area contributed by atoms with Gasteiger partial charge in [-0.25, -0.2) is 4.39 Å². The number of alkyl halides is 1. The van der Waals surface area contributed by atoms with Crippen LogP contribution in [0.3, 0.4) is 0 Å². The van der Waals surface area contributed by atoms with E-state index in [2.05, 4.69) is 17.3 Å². The molecule has 1 heterocycles. The van der Waals surface area contributed by atoms with Crippen LogP contribution in [0.2, 0.25) is 5.02 Å². The minimum absolute atomic E-state index is 0.0431. The molecule has 0 saturated heterocycles. The van der Waals surface area contributed by atoms with E-state index in [1.165, 1.54) is 7.11 Å². The van der Waals surface area contributed by atoms with Crippen molar-refractivity contribution in [2.45, 2.75) is 45.6 Å². The molecule has 1 unspecified atom stereocenters. The molecule has 0 bridgehead atoms. The first-order valence-corrected chi connectivity index (χ1v) is 12.0. The van der Waals surface area contributed by atoms with E-state index in [9.17, 15) is 14.0 Å². The first-order valence-electron chi connectivity index (χ1n) is 11.6.